The Morgan fingerprint density at radius 3 is 1.96 bits per heavy atom. The van der Waals surface area contributed by atoms with Crippen LogP contribution in [0.25, 0.3) is 10.9 Å². The summed E-state index contributed by atoms with van der Waals surface area (Å²) in [6, 6.07) is 20.2. The van der Waals surface area contributed by atoms with Crippen molar-refractivity contribution in [1.29, 1.82) is 0 Å². The van der Waals surface area contributed by atoms with Crippen molar-refractivity contribution in [2.45, 2.75) is 58.5 Å². The number of carbonyl (C=O) groups excluding carboxylic acids is 4. The van der Waals surface area contributed by atoms with Crippen LogP contribution in [0, 0.1) is 0 Å². The summed E-state index contributed by atoms with van der Waals surface area (Å²) in [6.45, 7) is 4.82. The molecule has 1 aromatic heterocycles. The van der Waals surface area contributed by atoms with Gasteiger partial charge in [0.1, 0.15) is 12.2 Å². The highest BCUT2D eigenvalue weighted by Gasteiger charge is 2.30. The number of rotatable bonds is 1. The molecule has 0 unspecified atom stereocenters. The highest BCUT2D eigenvalue weighted by Crippen LogP contribution is 2.38. The van der Waals surface area contributed by atoms with Gasteiger partial charge in [-0.05, 0) is 60.8 Å². The molecule has 0 spiro atoms. The summed E-state index contributed by atoms with van der Waals surface area (Å²) in [5.41, 5.74) is 4.69. The molecule has 10 heteroatoms. The maximum absolute atomic E-state index is 11.7. The first kappa shape index (κ1) is 34.9. The van der Waals surface area contributed by atoms with Crippen molar-refractivity contribution in [3.8, 4) is 5.75 Å². The van der Waals surface area contributed by atoms with Crippen LogP contribution < -0.4 is 4.74 Å². The predicted molar refractivity (Wildman–Crippen MR) is 195 cm³/mol. The van der Waals surface area contributed by atoms with E-state index in [9.17, 15) is 19.2 Å². The lowest BCUT2D eigenvalue weighted by Crippen LogP contribution is -2.41. The molecule has 8 rings (SSSR count). The minimum Gasteiger partial charge on any atom is -0.475 e. The molecule has 1 aliphatic heterocycles. The first-order chi connectivity index (χ1) is 23.6. The predicted octanol–water partition coefficient (Wildman–Crippen LogP) is 9.69. The lowest BCUT2D eigenvalue weighted by molar-refractivity contribution is 0.0413. The number of nitrogens with zero attached hydrogens (tertiary/aromatic N) is 2. The van der Waals surface area contributed by atoms with E-state index in [0.29, 0.717) is 50.7 Å². The van der Waals surface area contributed by atoms with E-state index in [1.54, 1.807) is 68.6 Å². The van der Waals surface area contributed by atoms with Gasteiger partial charge in [-0.25, -0.2) is 0 Å². The number of hydrogen-bond donors (Lipinski definition) is 0. The molecule has 1 fully saturated rings. The number of fused-ring (bicyclic) bond motifs is 5. The summed E-state index contributed by atoms with van der Waals surface area (Å²) in [5, 5.41) is 1.78. The van der Waals surface area contributed by atoms with Gasteiger partial charge in [-0.15, -0.1) is 0 Å². The van der Waals surface area contributed by atoms with Gasteiger partial charge in [0, 0.05) is 63.1 Å². The smallest absolute Gasteiger partial charge is 0.205 e. The quantitative estimate of drug-likeness (QED) is 0.191. The van der Waals surface area contributed by atoms with E-state index in [4.69, 9.17) is 27.9 Å². The summed E-state index contributed by atoms with van der Waals surface area (Å²) < 4.78 is 6.44. The molecule has 3 aromatic carbocycles. The van der Waals surface area contributed by atoms with Gasteiger partial charge in [-0.2, -0.15) is 0 Å². The molecular weight excluding hydrogens is 727 g/mol. The zero-order valence-corrected chi connectivity index (χ0v) is 30.1. The second-order valence-electron chi connectivity index (χ2n) is 12.3. The fourth-order valence-corrected chi connectivity index (χ4v) is 7.40. The third-order valence-corrected chi connectivity index (χ3v) is 11.0. The number of benzene rings is 3. The Balaban J connectivity index is 0.000000132. The van der Waals surface area contributed by atoms with E-state index in [1.165, 1.54) is 37.7 Å². The van der Waals surface area contributed by atoms with Crippen molar-refractivity contribution < 1.29 is 23.9 Å². The van der Waals surface area contributed by atoms with Crippen molar-refractivity contribution in [2.24, 2.45) is 0 Å². The lowest BCUT2D eigenvalue weighted by atomic mass is 9.90. The standard InChI is InChI=1S/C17H19ClN2O.C11H7BrO2.C11H7ClO2/c18-15-9-12-10-20(13-5-2-1-3-6-13)11-21-17(12)16-14(15)7-4-8-19-16;2*1-6-9(12)11(14)8-5-3-2-4-7(8)10(6)13/h4,7-9,13H,1-3,5-6,10-11H2;2*2-5H,1H3. The van der Waals surface area contributed by atoms with Gasteiger partial charge in [0.25, 0.3) is 0 Å². The van der Waals surface area contributed by atoms with Crippen LogP contribution in [0.15, 0.2) is 93.6 Å². The maximum Gasteiger partial charge on any atom is 0.205 e. The van der Waals surface area contributed by atoms with Gasteiger partial charge in [0.15, 0.2) is 17.3 Å². The van der Waals surface area contributed by atoms with Crippen LogP contribution in [0.2, 0.25) is 5.02 Å². The second kappa shape index (κ2) is 14.9. The summed E-state index contributed by atoms with van der Waals surface area (Å²) >= 11 is 15.3. The molecule has 0 bridgehead atoms. The van der Waals surface area contributed by atoms with E-state index in [-0.39, 0.29) is 28.2 Å². The van der Waals surface area contributed by atoms with Gasteiger partial charge in [0.05, 0.1) is 14.5 Å². The number of hydrogen-bond acceptors (Lipinski definition) is 7. The number of allylic oxidation sites excluding steroid dienone is 4. The molecule has 2 heterocycles. The number of ether oxygens (including phenoxy) is 1. The largest absolute Gasteiger partial charge is 0.475 e. The average Bonchev–Trinajstić information content (AvgIpc) is 3.15. The SMILES string of the molecule is CC1=C(Br)C(=O)c2ccccc2C1=O.CC1=C(Cl)C(=O)c2ccccc2C1=O.Clc1cc2c(c3ncccc13)OCN(C1CCCCC1)C2. The van der Waals surface area contributed by atoms with Crippen LogP contribution in [0.3, 0.4) is 0 Å². The highest BCUT2D eigenvalue weighted by atomic mass is 79.9. The summed E-state index contributed by atoms with van der Waals surface area (Å²) in [4.78, 5) is 53.7. The minimum absolute atomic E-state index is 0.0358. The summed E-state index contributed by atoms with van der Waals surface area (Å²) in [5.74, 6) is 0.302. The van der Waals surface area contributed by atoms with Gasteiger partial charge < -0.3 is 4.74 Å². The molecule has 0 saturated heterocycles. The molecule has 0 N–H and O–H groups in total. The van der Waals surface area contributed by atoms with Crippen molar-refractivity contribution in [2.75, 3.05) is 6.73 Å². The minimum atomic E-state index is -0.264. The van der Waals surface area contributed by atoms with Crippen LogP contribution in [-0.4, -0.2) is 45.8 Å². The first-order valence-corrected chi connectivity index (χ1v) is 17.7. The molecule has 4 aromatic rings. The van der Waals surface area contributed by atoms with Crippen molar-refractivity contribution in [1.82, 2.24) is 9.88 Å². The fraction of sp³-hybridized carbons (Fsp3) is 0.256. The number of halogens is 3. The van der Waals surface area contributed by atoms with E-state index >= 15 is 0 Å². The van der Waals surface area contributed by atoms with Gasteiger partial charge in [-0.1, -0.05) is 91.0 Å². The van der Waals surface area contributed by atoms with Crippen molar-refractivity contribution in [3.05, 3.63) is 126 Å². The maximum atomic E-state index is 11.7. The van der Waals surface area contributed by atoms with Gasteiger partial charge in [0.2, 0.25) is 11.6 Å². The van der Waals surface area contributed by atoms with Crippen LogP contribution in [0.1, 0.15) is 92.9 Å². The molecule has 0 radical (unpaired) electrons. The first-order valence-electron chi connectivity index (χ1n) is 16.1. The van der Waals surface area contributed by atoms with E-state index in [2.05, 4.69) is 31.9 Å². The molecule has 0 atom stereocenters. The molecule has 250 valence electrons. The molecule has 1 saturated carbocycles. The Morgan fingerprint density at radius 1 is 0.755 bits per heavy atom. The summed E-state index contributed by atoms with van der Waals surface area (Å²) in [6.07, 6.45) is 8.44. The monoisotopic (exact) mass is 758 g/mol. The third-order valence-electron chi connectivity index (χ3n) is 9.28. The van der Waals surface area contributed by atoms with Crippen LogP contribution >= 0.6 is 39.1 Å². The van der Waals surface area contributed by atoms with Crippen LogP contribution in [-0.2, 0) is 6.54 Å². The van der Waals surface area contributed by atoms with E-state index in [0.717, 1.165) is 28.2 Å². The Kier molecular flexibility index (Phi) is 10.6. The van der Waals surface area contributed by atoms with Crippen LogP contribution in [0.5, 0.6) is 5.75 Å². The van der Waals surface area contributed by atoms with Gasteiger partial charge >= 0.3 is 0 Å². The van der Waals surface area contributed by atoms with Gasteiger partial charge in [-0.3, -0.25) is 29.1 Å². The molecular formula is C39H33BrCl2N2O5. The zero-order valence-electron chi connectivity index (χ0n) is 27.0. The van der Waals surface area contributed by atoms with E-state index < -0.39 is 0 Å². The number of Topliss-reactive ketones (excluding diaryl/α,β-unsaturated/α-hetero) is 4. The fourth-order valence-electron chi connectivity index (χ4n) is 6.54. The Bertz CT molecular complexity index is 1910. The Hall–Kier alpha value is -3.95. The van der Waals surface area contributed by atoms with E-state index in [1.807, 2.05) is 12.1 Å². The Labute approximate surface area is 303 Å². The number of ketones is 4. The number of pyridine rings is 1. The average molecular weight is 761 g/mol. The third kappa shape index (κ3) is 6.93. The molecule has 7 nitrogen and oxygen atoms in total. The molecule has 0 amide bonds. The molecule has 49 heavy (non-hydrogen) atoms. The number of aromatic nitrogens is 1. The van der Waals surface area contributed by atoms with Crippen molar-refractivity contribution in [3.63, 3.8) is 0 Å². The highest BCUT2D eigenvalue weighted by molar-refractivity contribution is 9.12. The van der Waals surface area contributed by atoms with Crippen LogP contribution in [0.4, 0.5) is 0 Å². The molecule has 4 aliphatic rings. The summed E-state index contributed by atoms with van der Waals surface area (Å²) in [7, 11) is 0. The van der Waals surface area contributed by atoms with Crippen molar-refractivity contribution >= 4 is 73.2 Å². The normalized spacial score (nSPS) is 17.7. The second-order valence-corrected chi connectivity index (χ2v) is 13.9. The number of carbonyl (C=O) groups is 4. The topological polar surface area (TPSA) is 93.6 Å². The lowest BCUT2D eigenvalue weighted by Gasteiger charge is -2.37. The molecule has 3 aliphatic carbocycles. The Morgan fingerprint density at radius 2 is 1.33 bits per heavy atom. The zero-order chi connectivity index (χ0) is 34.8.